The summed E-state index contributed by atoms with van der Waals surface area (Å²) < 4.78 is 5.25. The molecular weight excluding hydrogens is 224 g/mol. The fourth-order valence-corrected chi connectivity index (χ4v) is 3.68. The lowest BCUT2D eigenvalue weighted by Crippen LogP contribution is -2.69. The van der Waals surface area contributed by atoms with Crippen LogP contribution in [0.3, 0.4) is 0 Å². The van der Waals surface area contributed by atoms with E-state index in [0.717, 1.165) is 19.6 Å². The molecule has 2 rings (SSSR count). The second-order valence-electron chi connectivity index (χ2n) is 6.91. The van der Waals surface area contributed by atoms with Gasteiger partial charge in [0.1, 0.15) is 0 Å². The van der Waals surface area contributed by atoms with E-state index >= 15 is 0 Å². The molecule has 1 N–H and O–H groups in total. The minimum atomic E-state index is 0.265. The lowest BCUT2D eigenvalue weighted by Gasteiger charge is -2.53. The van der Waals surface area contributed by atoms with E-state index in [1.54, 1.807) is 7.11 Å². The fourth-order valence-electron chi connectivity index (χ4n) is 3.68. The molecule has 1 saturated heterocycles. The van der Waals surface area contributed by atoms with Crippen LogP contribution in [0.15, 0.2) is 0 Å². The lowest BCUT2D eigenvalue weighted by molar-refractivity contribution is -0.00941. The van der Waals surface area contributed by atoms with Gasteiger partial charge in [0.25, 0.3) is 0 Å². The van der Waals surface area contributed by atoms with Crippen molar-refractivity contribution in [3.05, 3.63) is 0 Å². The van der Waals surface area contributed by atoms with Gasteiger partial charge in [-0.1, -0.05) is 12.8 Å². The van der Waals surface area contributed by atoms with Gasteiger partial charge in [-0.05, 0) is 40.0 Å². The number of nitrogens with zero attached hydrogens (tertiary/aromatic N) is 1. The number of rotatable bonds is 4. The fraction of sp³-hybridized carbons (Fsp3) is 1.00. The highest BCUT2D eigenvalue weighted by Gasteiger charge is 2.45. The topological polar surface area (TPSA) is 24.5 Å². The third-order valence-electron chi connectivity index (χ3n) is 4.98. The normalized spacial score (nSPS) is 28.7. The van der Waals surface area contributed by atoms with Crippen molar-refractivity contribution in [3.8, 4) is 0 Å². The van der Waals surface area contributed by atoms with Gasteiger partial charge in [-0.3, -0.25) is 4.90 Å². The molecule has 1 heterocycles. The Morgan fingerprint density at radius 3 is 2.56 bits per heavy atom. The Labute approximate surface area is 112 Å². The molecule has 106 valence electrons. The van der Waals surface area contributed by atoms with Crippen molar-refractivity contribution in [2.24, 2.45) is 0 Å². The highest BCUT2D eigenvalue weighted by Crippen LogP contribution is 2.36. The molecule has 0 amide bonds. The summed E-state index contributed by atoms with van der Waals surface area (Å²) in [6, 6.07) is 0.611. The van der Waals surface area contributed by atoms with E-state index in [4.69, 9.17) is 4.74 Å². The standard InChI is InChI=1S/C15H30N2O/c1-13(7-10-18-4)17-12-15(8-5-6-9-15)16-11-14(17,2)3/h13,16H,5-12H2,1-4H3. The number of hydrogen-bond donors (Lipinski definition) is 1. The average Bonchev–Trinajstić information content (AvgIpc) is 2.79. The van der Waals surface area contributed by atoms with Gasteiger partial charge in [-0.2, -0.15) is 0 Å². The van der Waals surface area contributed by atoms with Gasteiger partial charge in [-0.15, -0.1) is 0 Å². The van der Waals surface area contributed by atoms with Gasteiger partial charge in [0, 0.05) is 43.9 Å². The van der Waals surface area contributed by atoms with Crippen LogP contribution in [0.1, 0.15) is 52.9 Å². The number of ether oxygens (including phenoxy) is 1. The van der Waals surface area contributed by atoms with Crippen molar-refractivity contribution >= 4 is 0 Å². The summed E-state index contributed by atoms with van der Waals surface area (Å²) in [6.45, 7) is 10.3. The molecule has 1 spiro atoms. The van der Waals surface area contributed by atoms with Crippen LogP contribution in [0.2, 0.25) is 0 Å². The minimum absolute atomic E-state index is 0.265. The minimum Gasteiger partial charge on any atom is -0.385 e. The van der Waals surface area contributed by atoms with Gasteiger partial charge in [0.05, 0.1) is 0 Å². The summed E-state index contributed by atoms with van der Waals surface area (Å²) in [6.07, 6.45) is 6.64. The summed E-state index contributed by atoms with van der Waals surface area (Å²) in [5.41, 5.74) is 0.678. The first-order valence-corrected chi connectivity index (χ1v) is 7.50. The summed E-state index contributed by atoms with van der Waals surface area (Å²) in [5.74, 6) is 0. The molecule has 1 aliphatic heterocycles. The molecule has 1 saturated carbocycles. The predicted molar refractivity (Wildman–Crippen MR) is 75.9 cm³/mol. The molecule has 0 radical (unpaired) electrons. The molecule has 2 fully saturated rings. The van der Waals surface area contributed by atoms with Crippen molar-refractivity contribution in [2.75, 3.05) is 26.8 Å². The van der Waals surface area contributed by atoms with E-state index in [0.29, 0.717) is 11.6 Å². The molecule has 3 nitrogen and oxygen atoms in total. The lowest BCUT2D eigenvalue weighted by atomic mass is 9.86. The summed E-state index contributed by atoms with van der Waals surface area (Å²) in [5, 5.41) is 3.85. The first-order valence-electron chi connectivity index (χ1n) is 7.50. The van der Waals surface area contributed by atoms with E-state index in [1.807, 2.05) is 0 Å². The Morgan fingerprint density at radius 2 is 1.94 bits per heavy atom. The van der Waals surface area contributed by atoms with Crippen LogP contribution < -0.4 is 5.32 Å². The maximum absolute atomic E-state index is 5.25. The van der Waals surface area contributed by atoms with Crippen LogP contribution in [-0.4, -0.2) is 48.8 Å². The SMILES string of the molecule is COCCC(C)N1CC2(CCCC2)NCC1(C)C. The largest absolute Gasteiger partial charge is 0.385 e. The van der Waals surface area contributed by atoms with E-state index < -0.39 is 0 Å². The molecule has 1 atom stereocenters. The Kier molecular flexibility index (Phi) is 4.35. The van der Waals surface area contributed by atoms with E-state index in [9.17, 15) is 0 Å². The number of hydrogen-bond acceptors (Lipinski definition) is 3. The van der Waals surface area contributed by atoms with Crippen molar-refractivity contribution in [2.45, 2.75) is 70.0 Å². The molecule has 3 heteroatoms. The zero-order chi connectivity index (χ0) is 13.2. The van der Waals surface area contributed by atoms with Crippen LogP contribution in [0.5, 0.6) is 0 Å². The maximum Gasteiger partial charge on any atom is 0.0477 e. The zero-order valence-corrected chi connectivity index (χ0v) is 12.6. The van der Waals surface area contributed by atoms with Crippen molar-refractivity contribution in [1.29, 1.82) is 0 Å². The van der Waals surface area contributed by atoms with Gasteiger partial charge in [-0.25, -0.2) is 0 Å². The number of methoxy groups -OCH3 is 1. The van der Waals surface area contributed by atoms with Gasteiger partial charge >= 0.3 is 0 Å². The Morgan fingerprint density at radius 1 is 1.28 bits per heavy atom. The molecule has 0 aromatic heterocycles. The van der Waals surface area contributed by atoms with Crippen LogP contribution in [0.4, 0.5) is 0 Å². The summed E-state index contributed by atoms with van der Waals surface area (Å²) >= 11 is 0. The smallest absolute Gasteiger partial charge is 0.0477 e. The number of piperazine rings is 1. The second-order valence-corrected chi connectivity index (χ2v) is 6.91. The third kappa shape index (κ3) is 2.89. The van der Waals surface area contributed by atoms with E-state index in [-0.39, 0.29) is 5.54 Å². The van der Waals surface area contributed by atoms with E-state index in [1.165, 1.54) is 32.2 Å². The molecule has 1 aliphatic carbocycles. The van der Waals surface area contributed by atoms with Gasteiger partial charge in [0.2, 0.25) is 0 Å². The molecule has 0 bridgehead atoms. The summed E-state index contributed by atoms with van der Waals surface area (Å²) in [4.78, 5) is 2.72. The van der Waals surface area contributed by atoms with Gasteiger partial charge in [0.15, 0.2) is 0 Å². The van der Waals surface area contributed by atoms with Crippen LogP contribution in [0, 0.1) is 0 Å². The van der Waals surface area contributed by atoms with Crippen molar-refractivity contribution < 1.29 is 4.74 Å². The van der Waals surface area contributed by atoms with Crippen LogP contribution in [0.25, 0.3) is 0 Å². The van der Waals surface area contributed by atoms with Crippen LogP contribution >= 0.6 is 0 Å². The first-order chi connectivity index (χ1) is 8.49. The van der Waals surface area contributed by atoms with Gasteiger partial charge < -0.3 is 10.1 Å². The highest BCUT2D eigenvalue weighted by molar-refractivity contribution is 5.05. The quantitative estimate of drug-likeness (QED) is 0.834. The Hall–Kier alpha value is -0.120. The molecule has 2 aliphatic rings. The molecule has 18 heavy (non-hydrogen) atoms. The summed E-state index contributed by atoms with van der Waals surface area (Å²) in [7, 11) is 1.80. The highest BCUT2D eigenvalue weighted by atomic mass is 16.5. The molecule has 0 aromatic rings. The molecular formula is C15H30N2O. The second kappa shape index (κ2) is 5.48. The predicted octanol–water partition coefficient (Wildman–Crippen LogP) is 2.41. The Balaban J connectivity index is 2.03. The molecule has 0 aromatic carbocycles. The molecule has 1 unspecified atom stereocenters. The van der Waals surface area contributed by atoms with Crippen LogP contribution in [-0.2, 0) is 4.74 Å². The first kappa shape index (κ1) is 14.3. The maximum atomic E-state index is 5.25. The average molecular weight is 254 g/mol. The number of nitrogens with one attached hydrogen (secondary N) is 1. The third-order valence-corrected chi connectivity index (χ3v) is 4.98. The van der Waals surface area contributed by atoms with Crippen molar-refractivity contribution in [1.82, 2.24) is 10.2 Å². The van der Waals surface area contributed by atoms with Crippen molar-refractivity contribution in [3.63, 3.8) is 0 Å². The Bertz CT molecular complexity index is 272. The zero-order valence-electron chi connectivity index (χ0n) is 12.6. The van der Waals surface area contributed by atoms with E-state index in [2.05, 4.69) is 31.0 Å². The monoisotopic (exact) mass is 254 g/mol.